The number of hydrogen-bond acceptors (Lipinski definition) is 6. The molecule has 6 unspecified atom stereocenters. The van der Waals surface area contributed by atoms with Crippen LogP contribution in [0.1, 0.15) is 63.4 Å². The van der Waals surface area contributed by atoms with Crippen LogP contribution < -0.4 is 16.2 Å². The highest BCUT2D eigenvalue weighted by Gasteiger charge is 2.63. The van der Waals surface area contributed by atoms with Crippen molar-refractivity contribution in [2.24, 2.45) is 5.92 Å². The summed E-state index contributed by atoms with van der Waals surface area (Å²) in [5.74, 6) is -1.54. The van der Waals surface area contributed by atoms with Gasteiger partial charge in [-0.05, 0) is 50.6 Å². The molecule has 38 heavy (non-hydrogen) atoms. The van der Waals surface area contributed by atoms with Crippen LogP contribution in [-0.4, -0.2) is 60.1 Å². The molecule has 1 aromatic rings. The third kappa shape index (κ3) is 5.71. The molecular weight excluding hydrogens is 514 g/mol. The van der Waals surface area contributed by atoms with E-state index in [1.165, 1.54) is 0 Å². The standard InChI is InChI=1S/C26H36F6N4O2/c27-25(28,29)19-12-13-20-22-34-35-23(38-22)24(26(30,31)32,37-16-17-8-3-1-4-9-17)14-6-2-5-10-18-11-7-15-36(18)21(19)33-20/h1,3-4,8-9,18-23,33-35H,2,5-7,10-16H2/t18-,19?,20?,21?,22?,23?,24?/m0/s1. The Morgan fingerprint density at radius 1 is 0.921 bits per heavy atom. The van der Waals surface area contributed by atoms with Gasteiger partial charge in [0.25, 0.3) is 0 Å². The highest BCUT2D eigenvalue weighted by molar-refractivity contribution is 5.14. The Kier molecular flexibility index (Phi) is 8.29. The first-order valence-electron chi connectivity index (χ1n) is 13.6. The Morgan fingerprint density at radius 3 is 2.42 bits per heavy atom. The molecule has 6 nitrogen and oxygen atoms in total. The van der Waals surface area contributed by atoms with Gasteiger partial charge in [-0.3, -0.25) is 10.2 Å². The Morgan fingerprint density at radius 2 is 1.68 bits per heavy atom. The van der Waals surface area contributed by atoms with Crippen molar-refractivity contribution in [1.82, 2.24) is 21.1 Å². The van der Waals surface area contributed by atoms with Gasteiger partial charge in [0.15, 0.2) is 6.23 Å². The average Bonchev–Trinajstić information content (AvgIpc) is 3.55. The summed E-state index contributed by atoms with van der Waals surface area (Å²) in [6.07, 6.45) is -9.16. The molecule has 4 bridgehead atoms. The van der Waals surface area contributed by atoms with E-state index in [4.69, 9.17) is 9.47 Å². The monoisotopic (exact) mass is 550 g/mol. The van der Waals surface area contributed by atoms with Gasteiger partial charge in [0.2, 0.25) is 5.60 Å². The molecule has 0 spiro atoms. The van der Waals surface area contributed by atoms with Crippen LogP contribution in [0.5, 0.6) is 0 Å². The lowest BCUT2D eigenvalue weighted by Crippen LogP contribution is -2.64. The summed E-state index contributed by atoms with van der Waals surface area (Å²) in [6, 6.07) is 8.03. The molecule has 0 aromatic heterocycles. The summed E-state index contributed by atoms with van der Waals surface area (Å²) in [5.41, 5.74) is 3.44. The maximum absolute atomic E-state index is 14.8. The SMILES string of the molecule is FC(F)(F)C1CCC2NC1N1CCC[C@@H]1CCCCCC(OCc1ccccc1)(C(F)(F)F)C1NNC2O1. The Balaban J connectivity index is 1.42. The lowest BCUT2D eigenvalue weighted by Gasteiger charge is -2.46. The molecule has 3 N–H and O–H groups in total. The molecule has 0 aliphatic carbocycles. The molecule has 1 aromatic carbocycles. The van der Waals surface area contributed by atoms with E-state index >= 15 is 0 Å². The predicted molar refractivity (Wildman–Crippen MR) is 127 cm³/mol. The van der Waals surface area contributed by atoms with Crippen LogP contribution in [0.2, 0.25) is 0 Å². The number of nitrogens with zero attached hydrogens (tertiary/aromatic N) is 1. The minimum Gasteiger partial charge on any atom is -0.357 e. The van der Waals surface area contributed by atoms with Crippen molar-refractivity contribution in [2.45, 2.75) is 113 Å². The lowest BCUT2D eigenvalue weighted by molar-refractivity contribution is -0.320. The molecule has 4 heterocycles. The van der Waals surface area contributed by atoms with Crippen LogP contribution in [0.4, 0.5) is 26.3 Å². The number of ether oxygens (including phenoxy) is 2. The molecule has 12 heteroatoms. The summed E-state index contributed by atoms with van der Waals surface area (Å²) in [4.78, 5) is 1.94. The van der Waals surface area contributed by atoms with Crippen LogP contribution >= 0.6 is 0 Å². The van der Waals surface area contributed by atoms with Gasteiger partial charge in [-0.15, -0.1) is 0 Å². The van der Waals surface area contributed by atoms with E-state index in [1.54, 1.807) is 30.3 Å². The largest absolute Gasteiger partial charge is 0.421 e. The van der Waals surface area contributed by atoms with Gasteiger partial charge in [-0.25, -0.2) is 10.9 Å². The summed E-state index contributed by atoms with van der Waals surface area (Å²) in [7, 11) is 0. The Bertz CT molecular complexity index is 919. The summed E-state index contributed by atoms with van der Waals surface area (Å²) < 4.78 is 98.2. The van der Waals surface area contributed by atoms with Gasteiger partial charge in [-0.1, -0.05) is 49.6 Å². The third-order valence-electron chi connectivity index (χ3n) is 8.59. The molecule has 214 valence electrons. The van der Waals surface area contributed by atoms with Crippen molar-refractivity contribution in [1.29, 1.82) is 0 Å². The smallest absolute Gasteiger partial charge is 0.357 e. The summed E-state index contributed by atoms with van der Waals surface area (Å²) >= 11 is 0. The van der Waals surface area contributed by atoms with Gasteiger partial charge in [-0.2, -0.15) is 26.3 Å². The fourth-order valence-electron chi connectivity index (χ4n) is 6.55. The molecule has 4 aliphatic rings. The normalized spacial score (nSPS) is 37.5. The number of benzene rings is 1. The molecular formula is C26H36F6N4O2. The van der Waals surface area contributed by atoms with E-state index in [0.717, 1.165) is 12.8 Å². The highest BCUT2D eigenvalue weighted by Crippen LogP contribution is 2.45. The molecule has 7 atom stereocenters. The van der Waals surface area contributed by atoms with E-state index in [9.17, 15) is 26.3 Å². The molecule has 4 fully saturated rings. The van der Waals surface area contributed by atoms with E-state index in [1.807, 2.05) is 4.90 Å². The van der Waals surface area contributed by atoms with Gasteiger partial charge >= 0.3 is 12.4 Å². The molecule has 0 amide bonds. The van der Waals surface area contributed by atoms with E-state index in [0.29, 0.717) is 31.4 Å². The van der Waals surface area contributed by atoms with E-state index in [2.05, 4.69) is 16.2 Å². The molecule has 4 saturated heterocycles. The fourth-order valence-corrected chi connectivity index (χ4v) is 6.55. The zero-order valence-electron chi connectivity index (χ0n) is 21.2. The summed E-state index contributed by atoms with van der Waals surface area (Å²) in [5, 5.41) is 3.14. The van der Waals surface area contributed by atoms with Crippen LogP contribution in [0.25, 0.3) is 0 Å². The van der Waals surface area contributed by atoms with Crippen LogP contribution in [0, 0.1) is 5.92 Å². The maximum atomic E-state index is 14.8. The van der Waals surface area contributed by atoms with E-state index in [-0.39, 0.29) is 38.3 Å². The van der Waals surface area contributed by atoms with Gasteiger partial charge in [0.1, 0.15) is 6.23 Å². The van der Waals surface area contributed by atoms with Crippen LogP contribution in [0.3, 0.4) is 0 Å². The molecule has 0 radical (unpaired) electrons. The van der Waals surface area contributed by atoms with Crippen molar-refractivity contribution in [3.8, 4) is 0 Å². The fraction of sp³-hybridized carbons (Fsp3) is 0.769. The first kappa shape index (κ1) is 28.1. The second kappa shape index (κ2) is 11.2. The molecule has 5 rings (SSSR count). The second-order valence-electron chi connectivity index (χ2n) is 11.0. The minimum absolute atomic E-state index is 0.0240. The van der Waals surface area contributed by atoms with Gasteiger partial charge in [0, 0.05) is 12.1 Å². The van der Waals surface area contributed by atoms with Crippen molar-refractivity contribution in [2.75, 3.05) is 6.54 Å². The Hall–Kier alpha value is -1.44. The zero-order valence-corrected chi connectivity index (χ0v) is 21.2. The highest BCUT2D eigenvalue weighted by atomic mass is 19.4. The third-order valence-corrected chi connectivity index (χ3v) is 8.59. The maximum Gasteiger partial charge on any atom is 0.421 e. The van der Waals surface area contributed by atoms with Crippen LogP contribution in [0.15, 0.2) is 30.3 Å². The molecule has 4 aliphatic heterocycles. The Labute approximate surface area is 218 Å². The van der Waals surface area contributed by atoms with Crippen LogP contribution in [-0.2, 0) is 16.1 Å². The van der Waals surface area contributed by atoms with Crippen molar-refractivity contribution >= 4 is 0 Å². The first-order valence-corrected chi connectivity index (χ1v) is 13.6. The van der Waals surface area contributed by atoms with Gasteiger partial charge < -0.3 is 9.47 Å². The number of hydrogen-bond donors (Lipinski definition) is 3. The number of nitrogens with one attached hydrogen (secondary N) is 3. The first-order chi connectivity index (χ1) is 18.1. The lowest BCUT2D eigenvalue weighted by atomic mass is 9.88. The quantitative estimate of drug-likeness (QED) is 0.463. The van der Waals surface area contributed by atoms with E-state index < -0.39 is 48.5 Å². The number of halogens is 6. The van der Waals surface area contributed by atoms with Crippen molar-refractivity contribution in [3.05, 3.63) is 35.9 Å². The number of rotatable bonds is 3. The number of piperidine rings is 1. The zero-order chi connectivity index (χ0) is 27.0. The number of hydrazine groups is 1. The number of fused-ring (bicyclic) bond motifs is 7. The summed E-state index contributed by atoms with van der Waals surface area (Å²) in [6.45, 7) is 0.326. The molecule has 0 saturated carbocycles. The van der Waals surface area contributed by atoms with Crippen molar-refractivity contribution in [3.63, 3.8) is 0 Å². The second-order valence-corrected chi connectivity index (χ2v) is 11.0. The van der Waals surface area contributed by atoms with Crippen molar-refractivity contribution < 1.29 is 35.8 Å². The average molecular weight is 551 g/mol. The predicted octanol–water partition coefficient (Wildman–Crippen LogP) is 4.97. The number of alkyl halides is 6. The topological polar surface area (TPSA) is 57.8 Å². The minimum atomic E-state index is -4.75. The van der Waals surface area contributed by atoms with Gasteiger partial charge in [0.05, 0.1) is 18.7 Å².